The minimum absolute atomic E-state index is 0.114. The van der Waals surface area contributed by atoms with Gasteiger partial charge in [-0.2, -0.15) is 8.42 Å². The minimum atomic E-state index is -4.61. The van der Waals surface area contributed by atoms with Crippen LogP contribution >= 0.6 is 0 Å². The van der Waals surface area contributed by atoms with Crippen LogP contribution in [0.5, 0.6) is 0 Å². The van der Waals surface area contributed by atoms with Crippen molar-refractivity contribution in [2.45, 2.75) is 192 Å². The number of carbonyl (C=O) groups is 2. The van der Waals surface area contributed by atoms with E-state index >= 15 is 0 Å². The van der Waals surface area contributed by atoms with E-state index in [0.717, 1.165) is 51.4 Å². The Morgan fingerprint density at radius 1 is 0.583 bits per heavy atom. The summed E-state index contributed by atoms with van der Waals surface area (Å²) < 4.78 is 54.0. The number of rotatable bonds is 36. The predicted molar refractivity (Wildman–Crippen MR) is 238 cm³/mol. The maximum Gasteiger partial charge on any atom is 0.306 e. The second-order valence-corrected chi connectivity index (χ2v) is 16.9. The summed E-state index contributed by atoms with van der Waals surface area (Å²) in [6.07, 6.45) is 36.6. The summed E-state index contributed by atoms with van der Waals surface area (Å²) in [5.41, 5.74) is 0. The summed E-state index contributed by atoms with van der Waals surface area (Å²) in [6.45, 7) is 3.54. The summed E-state index contributed by atoms with van der Waals surface area (Å²) in [4.78, 5) is 25.4. The molecule has 0 saturated carbocycles. The first-order chi connectivity index (χ1) is 29.0. The Morgan fingerprint density at radius 3 is 1.60 bits per heavy atom. The van der Waals surface area contributed by atoms with Crippen LogP contribution in [0.2, 0.25) is 0 Å². The van der Waals surface area contributed by atoms with E-state index in [9.17, 15) is 37.9 Å². The molecule has 4 N–H and O–H groups in total. The fourth-order valence-electron chi connectivity index (χ4n) is 6.38. The molecule has 0 aromatic carbocycles. The third-order valence-corrected chi connectivity index (χ3v) is 10.6. The zero-order valence-corrected chi connectivity index (χ0v) is 37.3. The fraction of sp³-hybridized carbons (Fsp3) is 0.702. The lowest BCUT2D eigenvalue weighted by molar-refractivity contribution is -0.297. The van der Waals surface area contributed by atoms with Crippen molar-refractivity contribution in [3.8, 4) is 0 Å². The van der Waals surface area contributed by atoms with Crippen LogP contribution in [0.25, 0.3) is 0 Å². The molecule has 0 radical (unpaired) electrons. The van der Waals surface area contributed by atoms with Crippen LogP contribution in [0, 0.1) is 0 Å². The van der Waals surface area contributed by atoms with Gasteiger partial charge in [-0.15, -0.1) is 0 Å². The van der Waals surface area contributed by atoms with Gasteiger partial charge in [0, 0.05) is 12.8 Å². The number of aliphatic hydroxyl groups excluding tert-OH is 3. The Bertz CT molecular complexity index is 1390. The summed E-state index contributed by atoms with van der Waals surface area (Å²) in [7, 11) is -4.61. The second-order valence-electron chi connectivity index (χ2n) is 15.5. The SMILES string of the molecule is CC/C=C/C=C/C=C/C=C/CCCCCC(=O)OC(COC(=O)CCCCCCCCCCCC/C=C/C=C/CCCCC)CO[C@H]1O[C@H](CS(=O)(=O)O)[C@@H](O)C(O)C1O. The zero-order chi connectivity index (χ0) is 44.1. The van der Waals surface area contributed by atoms with Crippen molar-refractivity contribution >= 4 is 22.1 Å². The van der Waals surface area contributed by atoms with Gasteiger partial charge in [0.2, 0.25) is 0 Å². The zero-order valence-electron chi connectivity index (χ0n) is 36.5. The van der Waals surface area contributed by atoms with Gasteiger partial charge in [0.25, 0.3) is 10.1 Å². The van der Waals surface area contributed by atoms with Crippen LogP contribution in [-0.2, 0) is 38.7 Å². The molecule has 1 heterocycles. The van der Waals surface area contributed by atoms with Crippen LogP contribution in [0.3, 0.4) is 0 Å². The Balaban J connectivity index is 2.45. The highest BCUT2D eigenvalue weighted by Gasteiger charge is 2.46. The molecule has 0 aromatic rings. The van der Waals surface area contributed by atoms with Gasteiger partial charge in [0.15, 0.2) is 12.4 Å². The third-order valence-electron chi connectivity index (χ3n) is 9.89. The molecule has 1 aliphatic heterocycles. The Hall–Kier alpha value is -2.91. The normalized spacial score (nSPS) is 20.8. The van der Waals surface area contributed by atoms with Crippen molar-refractivity contribution < 1.29 is 56.8 Å². The van der Waals surface area contributed by atoms with Gasteiger partial charge < -0.3 is 34.3 Å². The number of hydrogen-bond acceptors (Lipinski definition) is 11. The molecule has 1 rings (SSSR count). The van der Waals surface area contributed by atoms with Crippen molar-refractivity contribution in [1.82, 2.24) is 0 Å². The molecule has 0 aromatic heterocycles. The molecule has 60 heavy (non-hydrogen) atoms. The predicted octanol–water partition coefficient (Wildman–Crippen LogP) is 9.11. The lowest BCUT2D eigenvalue weighted by Crippen LogP contribution is -2.60. The quantitative estimate of drug-likeness (QED) is 0.0203. The van der Waals surface area contributed by atoms with Crippen LogP contribution in [0.15, 0.2) is 72.9 Å². The third kappa shape index (κ3) is 31.0. The average Bonchev–Trinajstić information content (AvgIpc) is 3.21. The maximum absolute atomic E-state index is 12.8. The number of aliphatic hydroxyl groups is 3. The molecule has 1 saturated heterocycles. The molecule has 0 bridgehead atoms. The molecule has 3 unspecified atom stereocenters. The van der Waals surface area contributed by atoms with Crippen molar-refractivity contribution in [1.29, 1.82) is 0 Å². The van der Waals surface area contributed by atoms with Gasteiger partial charge in [-0.05, 0) is 57.8 Å². The van der Waals surface area contributed by atoms with Gasteiger partial charge in [0.05, 0.1) is 6.61 Å². The largest absolute Gasteiger partial charge is 0.462 e. The minimum Gasteiger partial charge on any atom is -0.462 e. The summed E-state index contributed by atoms with van der Waals surface area (Å²) in [5.74, 6) is -2.05. The topological polar surface area (TPSA) is 186 Å². The molecule has 0 amide bonds. The van der Waals surface area contributed by atoms with Crippen molar-refractivity contribution in [3.63, 3.8) is 0 Å². The molecule has 0 aliphatic carbocycles. The monoisotopic (exact) mass is 867 g/mol. The first kappa shape index (κ1) is 55.1. The molecular weight excluding hydrogens is 789 g/mol. The highest BCUT2D eigenvalue weighted by Crippen LogP contribution is 2.24. The van der Waals surface area contributed by atoms with Gasteiger partial charge >= 0.3 is 11.9 Å². The number of unbranched alkanes of at least 4 members (excludes halogenated alkanes) is 16. The van der Waals surface area contributed by atoms with E-state index < -0.39 is 71.2 Å². The van der Waals surface area contributed by atoms with Crippen molar-refractivity contribution in [2.24, 2.45) is 0 Å². The van der Waals surface area contributed by atoms with E-state index in [-0.39, 0.29) is 19.4 Å². The number of hydrogen-bond donors (Lipinski definition) is 4. The molecular formula is C47H78O12S. The first-order valence-electron chi connectivity index (χ1n) is 22.6. The molecule has 0 spiro atoms. The smallest absolute Gasteiger partial charge is 0.306 e. The molecule has 344 valence electrons. The Kier molecular flexibility index (Phi) is 33.7. The van der Waals surface area contributed by atoms with Gasteiger partial charge in [-0.1, -0.05) is 157 Å². The van der Waals surface area contributed by atoms with Crippen molar-refractivity contribution in [2.75, 3.05) is 19.0 Å². The van der Waals surface area contributed by atoms with Crippen LogP contribution in [0.1, 0.15) is 155 Å². The van der Waals surface area contributed by atoms with E-state index in [2.05, 4.69) is 50.3 Å². The lowest BCUT2D eigenvalue weighted by atomic mass is 10.00. The van der Waals surface area contributed by atoms with Crippen LogP contribution in [0.4, 0.5) is 0 Å². The Morgan fingerprint density at radius 2 is 1.05 bits per heavy atom. The molecule has 6 atom stereocenters. The molecule has 13 heteroatoms. The van der Waals surface area contributed by atoms with E-state index in [0.29, 0.717) is 12.8 Å². The van der Waals surface area contributed by atoms with Crippen LogP contribution in [-0.4, -0.2) is 96.0 Å². The number of ether oxygens (including phenoxy) is 4. The van der Waals surface area contributed by atoms with Gasteiger partial charge in [0.1, 0.15) is 36.8 Å². The number of allylic oxidation sites excluding steroid dienone is 12. The van der Waals surface area contributed by atoms with Crippen molar-refractivity contribution in [3.05, 3.63) is 72.9 Å². The highest BCUT2D eigenvalue weighted by molar-refractivity contribution is 7.85. The average molecular weight is 867 g/mol. The van der Waals surface area contributed by atoms with E-state index in [1.807, 2.05) is 36.5 Å². The second kappa shape index (κ2) is 36.7. The summed E-state index contributed by atoms with van der Waals surface area (Å²) in [5, 5.41) is 30.9. The molecule has 12 nitrogen and oxygen atoms in total. The lowest BCUT2D eigenvalue weighted by Gasteiger charge is -2.40. The molecule has 1 fully saturated rings. The standard InChI is InChI=1S/C47H78O12S/c1-3-5-7-9-11-13-15-17-18-19-20-21-22-24-25-27-29-31-33-35-42(48)56-37-40(38-57-47-46(52)45(51)44(50)41(59-47)39-60(53,54)55)58-43(49)36-34-32-30-28-26-23-16-14-12-10-8-6-4-2/h6,8,10-17,23,26,40-41,44-47,50-52H,3-5,7,9,18-22,24-25,27-39H2,1-2H3,(H,53,54,55)/b8-6+,12-10+,13-11+,16-14+,17-15+,26-23+/t40?,41-,44-,45?,46?,47+/m1/s1. The number of esters is 2. The Labute approximate surface area is 361 Å². The fourth-order valence-corrected chi connectivity index (χ4v) is 7.07. The van der Waals surface area contributed by atoms with Crippen LogP contribution < -0.4 is 0 Å². The first-order valence-corrected chi connectivity index (χ1v) is 24.2. The molecule has 1 aliphatic rings. The maximum atomic E-state index is 12.8. The highest BCUT2D eigenvalue weighted by atomic mass is 32.2. The van der Waals surface area contributed by atoms with E-state index in [4.69, 9.17) is 18.9 Å². The summed E-state index contributed by atoms with van der Waals surface area (Å²) >= 11 is 0. The van der Waals surface area contributed by atoms with E-state index in [1.54, 1.807) is 0 Å². The summed E-state index contributed by atoms with van der Waals surface area (Å²) in [6, 6.07) is 0. The van der Waals surface area contributed by atoms with E-state index in [1.165, 1.54) is 64.2 Å². The van der Waals surface area contributed by atoms with Gasteiger partial charge in [-0.25, -0.2) is 0 Å². The van der Waals surface area contributed by atoms with Gasteiger partial charge in [-0.3, -0.25) is 14.1 Å². The number of carbonyl (C=O) groups excluding carboxylic acids is 2.